The Morgan fingerprint density at radius 2 is 1.93 bits per heavy atom. The Morgan fingerprint density at radius 3 is 2.61 bits per heavy atom. The molecule has 1 atom stereocenters. The average molecular weight is 431 g/mol. The van der Waals surface area contributed by atoms with E-state index in [4.69, 9.17) is 0 Å². The van der Waals surface area contributed by atoms with Crippen molar-refractivity contribution in [1.29, 1.82) is 0 Å². The second kappa shape index (κ2) is 10.8. The van der Waals surface area contributed by atoms with E-state index in [1.807, 2.05) is 24.3 Å². The second-order valence-electron chi connectivity index (χ2n) is 6.37. The van der Waals surface area contributed by atoms with Gasteiger partial charge in [-0.15, -0.1) is 23.1 Å². The van der Waals surface area contributed by atoms with E-state index in [-0.39, 0.29) is 11.9 Å². The summed E-state index contributed by atoms with van der Waals surface area (Å²) in [5.74, 6) is 0.889. The lowest BCUT2D eigenvalue weighted by atomic mass is 10.1. The smallest absolute Gasteiger partial charge is 0.252 e. The first-order valence-corrected chi connectivity index (χ1v) is 12.3. The van der Waals surface area contributed by atoms with Gasteiger partial charge in [-0.25, -0.2) is 0 Å². The maximum Gasteiger partial charge on any atom is 0.252 e. The molecule has 1 N–H and O–H groups in total. The van der Waals surface area contributed by atoms with Crippen LogP contribution in [0.15, 0.2) is 63.5 Å². The number of rotatable bonds is 10. The van der Waals surface area contributed by atoms with Crippen LogP contribution in [0, 0.1) is 0 Å². The molecule has 0 aliphatic carbocycles. The Morgan fingerprint density at radius 1 is 1.11 bits per heavy atom. The minimum absolute atomic E-state index is 0.00154. The van der Waals surface area contributed by atoms with E-state index in [9.17, 15) is 4.79 Å². The largest absolute Gasteiger partial charge is 0.350 e. The molecule has 1 aromatic carbocycles. The SMILES string of the molecule is CCN(CC)C(CNC(=O)c1ccccc1SCc1cccs1)c1ccsc1. The van der Waals surface area contributed by atoms with Gasteiger partial charge >= 0.3 is 0 Å². The van der Waals surface area contributed by atoms with Crippen LogP contribution in [0.3, 0.4) is 0 Å². The molecule has 2 heterocycles. The number of carbonyl (C=O) groups excluding carboxylic acids is 1. The van der Waals surface area contributed by atoms with Crippen molar-refractivity contribution in [2.24, 2.45) is 0 Å². The molecule has 6 heteroatoms. The van der Waals surface area contributed by atoms with Crippen LogP contribution in [-0.2, 0) is 5.75 Å². The zero-order chi connectivity index (χ0) is 19.8. The van der Waals surface area contributed by atoms with Gasteiger partial charge < -0.3 is 5.32 Å². The van der Waals surface area contributed by atoms with Crippen molar-refractivity contribution in [3.63, 3.8) is 0 Å². The van der Waals surface area contributed by atoms with Crippen molar-refractivity contribution in [1.82, 2.24) is 10.2 Å². The van der Waals surface area contributed by atoms with Crippen LogP contribution in [0.1, 0.15) is 40.7 Å². The van der Waals surface area contributed by atoms with Crippen LogP contribution in [0.25, 0.3) is 0 Å². The first-order valence-electron chi connectivity index (χ1n) is 9.51. The van der Waals surface area contributed by atoms with Crippen LogP contribution in [0.4, 0.5) is 0 Å². The average Bonchev–Trinajstić information content (AvgIpc) is 3.44. The van der Waals surface area contributed by atoms with Gasteiger partial charge in [0.05, 0.1) is 11.6 Å². The summed E-state index contributed by atoms with van der Waals surface area (Å²) in [4.78, 5) is 17.7. The number of hydrogen-bond acceptors (Lipinski definition) is 5. The monoisotopic (exact) mass is 430 g/mol. The maximum atomic E-state index is 13.0. The van der Waals surface area contributed by atoms with Gasteiger partial charge in [0.25, 0.3) is 5.91 Å². The third-order valence-electron chi connectivity index (χ3n) is 4.72. The molecule has 2 aromatic heterocycles. The molecule has 3 aromatic rings. The van der Waals surface area contributed by atoms with Gasteiger partial charge in [0.1, 0.15) is 0 Å². The molecule has 0 aliphatic rings. The van der Waals surface area contributed by atoms with Gasteiger partial charge in [0.15, 0.2) is 0 Å². The summed E-state index contributed by atoms with van der Waals surface area (Å²) in [7, 11) is 0. The lowest BCUT2D eigenvalue weighted by molar-refractivity contribution is 0.0932. The molecule has 0 aliphatic heterocycles. The summed E-state index contributed by atoms with van der Waals surface area (Å²) >= 11 is 5.18. The van der Waals surface area contributed by atoms with Crippen LogP contribution in [0.5, 0.6) is 0 Å². The normalized spacial score (nSPS) is 12.2. The number of amides is 1. The molecule has 0 spiro atoms. The van der Waals surface area contributed by atoms with Gasteiger partial charge in [-0.1, -0.05) is 32.0 Å². The standard InChI is InChI=1S/C22H26N2OS3/c1-3-24(4-2)20(17-11-13-26-15-17)14-23-22(25)19-9-5-6-10-21(19)28-16-18-8-7-12-27-18/h5-13,15,20H,3-4,14,16H2,1-2H3,(H,23,25). The molecule has 148 valence electrons. The number of likely N-dealkylation sites (N-methyl/N-ethyl adjacent to an activating group) is 1. The number of nitrogens with one attached hydrogen (secondary N) is 1. The number of thiophene rings is 2. The predicted molar refractivity (Wildman–Crippen MR) is 123 cm³/mol. The van der Waals surface area contributed by atoms with Crippen molar-refractivity contribution < 1.29 is 4.79 Å². The van der Waals surface area contributed by atoms with Crippen LogP contribution in [0.2, 0.25) is 0 Å². The minimum Gasteiger partial charge on any atom is -0.350 e. The molecule has 1 unspecified atom stereocenters. The third-order valence-corrected chi connectivity index (χ3v) is 7.60. The number of hydrogen-bond donors (Lipinski definition) is 1. The first-order chi connectivity index (χ1) is 13.7. The molecule has 3 rings (SSSR count). The van der Waals surface area contributed by atoms with Gasteiger partial charge in [0, 0.05) is 22.1 Å². The van der Waals surface area contributed by atoms with E-state index < -0.39 is 0 Å². The Labute approximate surface area is 179 Å². The highest BCUT2D eigenvalue weighted by Crippen LogP contribution is 2.28. The number of nitrogens with zero attached hydrogens (tertiary/aromatic N) is 1. The number of benzene rings is 1. The van der Waals surface area contributed by atoms with Gasteiger partial charge in [-0.3, -0.25) is 9.69 Å². The van der Waals surface area contributed by atoms with Gasteiger partial charge in [-0.2, -0.15) is 11.3 Å². The Bertz CT molecular complexity index is 843. The van der Waals surface area contributed by atoms with Gasteiger partial charge in [0.2, 0.25) is 0 Å². The molecule has 3 nitrogen and oxygen atoms in total. The molecule has 0 fully saturated rings. The van der Waals surface area contributed by atoms with Crippen molar-refractivity contribution in [2.75, 3.05) is 19.6 Å². The highest BCUT2D eigenvalue weighted by Gasteiger charge is 2.20. The topological polar surface area (TPSA) is 32.3 Å². The molecule has 1 amide bonds. The van der Waals surface area contributed by atoms with Crippen molar-refractivity contribution in [2.45, 2.75) is 30.5 Å². The predicted octanol–water partition coefficient (Wildman–Crippen LogP) is 5.91. The Balaban J connectivity index is 1.68. The van der Waals surface area contributed by atoms with E-state index >= 15 is 0 Å². The fourth-order valence-corrected chi connectivity index (χ4v) is 5.73. The van der Waals surface area contributed by atoms with Crippen molar-refractivity contribution in [3.8, 4) is 0 Å². The first kappa shape index (κ1) is 21.1. The fraction of sp³-hybridized carbons (Fsp3) is 0.318. The van der Waals surface area contributed by atoms with Crippen LogP contribution >= 0.6 is 34.4 Å². The Hall–Kier alpha value is -1.60. The molecule has 0 saturated carbocycles. The quantitative estimate of drug-likeness (QED) is 0.406. The second-order valence-corrected chi connectivity index (χ2v) is 9.20. The van der Waals surface area contributed by atoms with Crippen molar-refractivity contribution >= 4 is 40.3 Å². The molecular formula is C22H26N2OS3. The van der Waals surface area contributed by atoms with E-state index in [0.29, 0.717) is 6.54 Å². The van der Waals surface area contributed by atoms with E-state index in [0.717, 1.165) is 29.3 Å². The molecule has 28 heavy (non-hydrogen) atoms. The lowest BCUT2D eigenvalue weighted by Gasteiger charge is -2.29. The van der Waals surface area contributed by atoms with E-state index in [1.54, 1.807) is 34.4 Å². The number of carbonyl (C=O) groups is 1. The van der Waals surface area contributed by atoms with Crippen LogP contribution < -0.4 is 5.32 Å². The Kier molecular flexibility index (Phi) is 8.15. The third kappa shape index (κ3) is 5.47. The summed E-state index contributed by atoms with van der Waals surface area (Å²) in [6, 6.07) is 14.5. The van der Waals surface area contributed by atoms with Crippen molar-refractivity contribution in [3.05, 3.63) is 74.6 Å². The molecule has 0 bridgehead atoms. The summed E-state index contributed by atoms with van der Waals surface area (Å²) in [5, 5.41) is 9.55. The van der Waals surface area contributed by atoms with Crippen LogP contribution in [-0.4, -0.2) is 30.4 Å². The minimum atomic E-state index is 0.00154. The molecular weight excluding hydrogens is 404 g/mol. The summed E-state index contributed by atoms with van der Waals surface area (Å²) in [6.45, 7) is 6.86. The summed E-state index contributed by atoms with van der Waals surface area (Å²) < 4.78 is 0. The zero-order valence-electron chi connectivity index (χ0n) is 16.3. The molecule has 0 saturated heterocycles. The van der Waals surface area contributed by atoms with Gasteiger partial charge in [-0.05, 0) is 59.1 Å². The fourth-order valence-electron chi connectivity index (χ4n) is 3.20. The van der Waals surface area contributed by atoms with E-state index in [1.165, 1.54) is 10.4 Å². The number of thioether (sulfide) groups is 1. The van der Waals surface area contributed by atoms with E-state index in [2.05, 4.69) is 58.4 Å². The summed E-state index contributed by atoms with van der Waals surface area (Å²) in [5.41, 5.74) is 2.03. The highest BCUT2D eigenvalue weighted by atomic mass is 32.2. The lowest BCUT2D eigenvalue weighted by Crippen LogP contribution is -2.38. The summed E-state index contributed by atoms with van der Waals surface area (Å²) in [6.07, 6.45) is 0. The zero-order valence-corrected chi connectivity index (χ0v) is 18.7. The molecule has 0 radical (unpaired) electrons. The highest BCUT2D eigenvalue weighted by molar-refractivity contribution is 7.98. The maximum absolute atomic E-state index is 13.0.